The molecule has 0 amide bonds. The summed E-state index contributed by atoms with van der Waals surface area (Å²) in [6.45, 7) is 8.48. The van der Waals surface area contributed by atoms with Gasteiger partial charge in [-0.3, -0.25) is 0 Å². The van der Waals surface area contributed by atoms with E-state index in [1.165, 1.54) is 17.1 Å². The second-order valence-corrected chi connectivity index (χ2v) is 7.54. The van der Waals surface area contributed by atoms with E-state index < -0.39 is 10.0 Å². The third-order valence-corrected chi connectivity index (χ3v) is 5.93. The van der Waals surface area contributed by atoms with Gasteiger partial charge >= 0.3 is 0 Å². The zero-order valence-electron chi connectivity index (χ0n) is 13.3. The van der Waals surface area contributed by atoms with Crippen LogP contribution < -0.4 is 5.32 Å². The van der Waals surface area contributed by atoms with Gasteiger partial charge in [0.2, 0.25) is 10.0 Å². The fraction of sp³-hybridized carbons (Fsp3) is 0.733. The van der Waals surface area contributed by atoms with Crippen molar-refractivity contribution < 1.29 is 8.42 Å². The average molecular weight is 313 g/mol. The predicted molar refractivity (Wildman–Crippen MR) is 84.7 cm³/mol. The van der Waals surface area contributed by atoms with E-state index in [0.717, 1.165) is 25.2 Å². The molecule has 0 radical (unpaired) electrons. The Morgan fingerprint density at radius 1 is 1.29 bits per heavy atom. The lowest BCUT2D eigenvalue weighted by atomic mass is 10.4. The summed E-state index contributed by atoms with van der Waals surface area (Å²) in [6.07, 6.45) is 5.26. The van der Waals surface area contributed by atoms with Crippen molar-refractivity contribution in [2.24, 2.45) is 0 Å². The Labute approximate surface area is 128 Å². The van der Waals surface area contributed by atoms with Gasteiger partial charge in [0.05, 0.1) is 0 Å². The molecule has 0 aromatic carbocycles. The molecule has 1 N–H and O–H groups in total. The fourth-order valence-corrected chi connectivity index (χ4v) is 4.04. The van der Waals surface area contributed by atoms with Gasteiger partial charge in [-0.2, -0.15) is 4.31 Å². The van der Waals surface area contributed by atoms with Crippen molar-refractivity contribution in [1.82, 2.24) is 14.2 Å². The highest BCUT2D eigenvalue weighted by Crippen LogP contribution is 2.22. The van der Waals surface area contributed by atoms with E-state index in [1.807, 2.05) is 19.9 Å². The first-order valence-corrected chi connectivity index (χ1v) is 9.39. The molecule has 2 rings (SSSR count). The first-order valence-electron chi connectivity index (χ1n) is 7.95. The van der Waals surface area contributed by atoms with Crippen LogP contribution in [-0.2, 0) is 23.1 Å². The molecule has 5 nitrogen and oxygen atoms in total. The predicted octanol–water partition coefficient (Wildman–Crippen LogP) is 2.18. The first kappa shape index (κ1) is 16.5. The number of hydrogen-bond donors (Lipinski definition) is 1. The van der Waals surface area contributed by atoms with E-state index in [4.69, 9.17) is 0 Å². The first-order chi connectivity index (χ1) is 10.0. The van der Waals surface area contributed by atoms with Gasteiger partial charge in [-0.15, -0.1) is 0 Å². The molecule has 0 bridgehead atoms. The molecule has 1 aliphatic carbocycles. The van der Waals surface area contributed by atoms with E-state index in [-0.39, 0.29) is 0 Å². The van der Waals surface area contributed by atoms with Crippen molar-refractivity contribution >= 4 is 10.0 Å². The minimum atomic E-state index is -3.36. The zero-order valence-corrected chi connectivity index (χ0v) is 14.1. The number of nitrogens with one attached hydrogen (secondary N) is 1. The topological polar surface area (TPSA) is 54.3 Å². The van der Waals surface area contributed by atoms with Crippen LogP contribution in [0.3, 0.4) is 0 Å². The molecule has 21 heavy (non-hydrogen) atoms. The summed E-state index contributed by atoms with van der Waals surface area (Å²) in [5.74, 6) is 0. The lowest BCUT2D eigenvalue weighted by molar-refractivity contribution is 0.445. The summed E-state index contributed by atoms with van der Waals surface area (Å²) in [4.78, 5) is 0.423. The fourth-order valence-electron chi connectivity index (χ4n) is 2.51. The summed E-state index contributed by atoms with van der Waals surface area (Å²) >= 11 is 0. The van der Waals surface area contributed by atoms with Crippen LogP contribution in [0.5, 0.6) is 0 Å². The van der Waals surface area contributed by atoms with Gasteiger partial charge in [0.25, 0.3) is 0 Å². The molecule has 1 aromatic rings. The van der Waals surface area contributed by atoms with E-state index in [9.17, 15) is 8.42 Å². The Hall–Kier alpha value is -0.850. The second-order valence-electron chi connectivity index (χ2n) is 5.61. The summed E-state index contributed by atoms with van der Waals surface area (Å²) in [7, 11) is -3.36. The number of aromatic nitrogens is 1. The molecular weight excluding hydrogens is 286 g/mol. The van der Waals surface area contributed by atoms with Crippen LogP contribution in [0.25, 0.3) is 0 Å². The minimum Gasteiger partial charge on any atom is -0.349 e. The van der Waals surface area contributed by atoms with Crippen molar-refractivity contribution in [1.29, 1.82) is 0 Å². The highest BCUT2D eigenvalue weighted by molar-refractivity contribution is 7.89. The summed E-state index contributed by atoms with van der Waals surface area (Å²) in [5.41, 5.74) is 1.06. The smallest absolute Gasteiger partial charge is 0.244 e. The summed E-state index contributed by atoms with van der Waals surface area (Å²) in [5, 5.41) is 3.46. The van der Waals surface area contributed by atoms with Crippen LogP contribution in [0.4, 0.5) is 0 Å². The molecule has 120 valence electrons. The maximum absolute atomic E-state index is 12.6. The summed E-state index contributed by atoms with van der Waals surface area (Å²) in [6, 6.07) is 2.46. The highest BCUT2D eigenvalue weighted by Gasteiger charge is 2.25. The lowest BCUT2D eigenvalue weighted by Gasteiger charge is -2.17. The highest BCUT2D eigenvalue weighted by atomic mass is 32.2. The van der Waals surface area contributed by atoms with E-state index in [1.54, 1.807) is 6.20 Å². The molecule has 1 fully saturated rings. The standard InChI is InChI=1S/C15H27N3O2S/c1-4-9-17-12-15(21(19,20)18(5-2)6-3)10-14(17)11-16-13-7-8-13/h10,12-13,16H,4-9,11H2,1-3H3. The quantitative estimate of drug-likeness (QED) is 0.760. The van der Waals surface area contributed by atoms with Crippen LogP contribution >= 0.6 is 0 Å². The molecule has 0 saturated heterocycles. The van der Waals surface area contributed by atoms with Crippen LogP contribution in [-0.4, -0.2) is 36.4 Å². The number of hydrogen-bond acceptors (Lipinski definition) is 3. The SMILES string of the molecule is CCCn1cc(S(=O)(=O)N(CC)CC)cc1CNC1CC1. The zero-order chi connectivity index (χ0) is 15.5. The molecular formula is C15H27N3O2S. The molecule has 0 atom stereocenters. The van der Waals surface area contributed by atoms with Gasteiger partial charge in [0.1, 0.15) is 4.90 Å². The van der Waals surface area contributed by atoms with Gasteiger partial charge in [-0.1, -0.05) is 20.8 Å². The third kappa shape index (κ3) is 3.87. The average Bonchev–Trinajstić information content (AvgIpc) is 3.19. The Balaban J connectivity index is 2.24. The Morgan fingerprint density at radius 3 is 2.48 bits per heavy atom. The summed E-state index contributed by atoms with van der Waals surface area (Å²) < 4.78 is 28.8. The molecule has 6 heteroatoms. The number of aryl methyl sites for hydroxylation is 1. The van der Waals surface area contributed by atoms with Crippen molar-refractivity contribution in [3.05, 3.63) is 18.0 Å². The maximum Gasteiger partial charge on any atom is 0.244 e. The Kier molecular flexibility index (Phi) is 5.46. The lowest BCUT2D eigenvalue weighted by Crippen LogP contribution is -2.30. The number of sulfonamides is 1. The molecule has 1 aromatic heterocycles. The molecule has 0 spiro atoms. The van der Waals surface area contributed by atoms with Crippen molar-refractivity contribution in [2.75, 3.05) is 13.1 Å². The molecule has 1 heterocycles. The van der Waals surface area contributed by atoms with Gasteiger partial charge in [-0.05, 0) is 25.3 Å². The molecule has 1 aliphatic rings. The number of nitrogens with zero attached hydrogens (tertiary/aromatic N) is 2. The van der Waals surface area contributed by atoms with Gasteiger partial charge < -0.3 is 9.88 Å². The monoisotopic (exact) mass is 313 g/mol. The van der Waals surface area contributed by atoms with E-state index in [2.05, 4.69) is 16.8 Å². The second kappa shape index (κ2) is 6.94. The molecule has 0 unspecified atom stereocenters. The Morgan fingerprint density at radius 2 is 1.95 bits per heavy atom. The Bertz CT molecular complexity index is 557. The largest absolute Gasteiger partial charge is 0.349 e. The van der Waals surface area contributed by atoms with Gasteiger partial charge in [-0.25, -0.2) is 8.42 Å². The van der Waals surface area contributed by atoms with Crippen molar-refractivity contribution in [3.8, 4) is 0 Å². The van der Waals surface area contributed by atoms with Crippen molar-refractivity contribution in [3.63, 3.8) is 0 Å². The van der Waals surface area contributed by atoms with Gasteiger partial charge in [0, 0.05) is 44.1 Å². The van der Waals surface area contributed by atoms with Gasteiger partial charge in [0.15, 0.2) is 0 Å². The van der Waals surface area contributed by atoms with E-state index >= 15 is 0 Å². The number of rotatable bonds is 9. The van der Waals surface area contributed by atoms with Crippen LogP contribution in [0.1, 0.15) is 45.7 Å². The van der Waals surface area contributed by atoms with Crippen molar-refractivity contribution in [2.45, 2.75) is 64.1 Å². The third-order valence-electron chi connectivity index (χ3n) is 3.92. The minimum absolute atomic E-state index is 0.423. The van der Waals surface area contributed by atoms with Crippen LogP contribution in [0.15, 0.2) is 17.2 Å². The van der Waals surface area contributed by atoms with Crippen LogP contribution in [0.2, 0.25) is 0 Å². The maximum atomic E-state index is 12.6. The molecule has 0 aliphatic heterocycles. The molecule has 1 saturated carbocycles. The normalized spacial score (nSPS) is 15.8. The van der Waals surface area contributed by atoms with Crippen LogP contribution in [0, 0.1) is 0 Å². The van der Waals surface area contributed by atoms with E-state index in [0.29, 0.717) is 24.0 Å².